The summed E-state index contributed by atoms with van der Waals surface area (Å²) in [5.74, 6) is -2.52. The van der Waals surface area contributed by atoms with E-state index >= 15 is 0 Å². The summed E-state index contributed by atoms with van der Waals surface area (Å²) in [6.45, 7) is 0.491. The topological polar surface area (TPSA) is 69.8 Å². The van der Waals surface area contributed by atoms with Crippen LogP contribution in [0.4, 0.5) is 8.78 Å². The Morgan fingerprint density at radius 2 is 1.93 bits per heavy atom. The van der Waals surface area contributed by atoms with Gasteiger partial charge in [0.05, 0.1) is 23.0 Å². The zero-order valence-corrected chi connectivity index (χ0v) is 14.9. The molecule has 140 valence electrons. The monoisotopic (exact) mass is 400 g/mol. The normalized spacial score (nSPS) is 11.1. The number of nitrogens with zero attached hydrogens (tertiary/aromatic N) is 4. The molecule has 4 rings (SSSR count). The van der Waals surface area contributed by atoms with Crippen molar-refractivity contribution in [3.63, 3.8) is 0 Å². The van der Waals surface area contributed by atoms with E-state index in [4.69, 9.17) is 11.6 Å². The molecule has 0 fully saturated rings. The summed E-state index contributed by atoms with van der Waals surface area (Å²) >= 11 is 6.00. The lowest BCUT2D eigenvalue weighted by Crippen LogP contribution is -2.15. The summed E-state index contributed by atoms with van der Waals surface area (Å²) in [5, 5.41) is 3.32. The molecule has 6 nitrogen and oxygen atoms in total. The number of pyridine rings is 1. The predicted molar refractivity (Wildman–Crippen MR) is 99.0 cm³/mol. The fraction of sp³-hybridized carbons (Fsp3) is 0.0526. The van der Waals surface area contributed by atoms with Gasteiger partial charge in [0, 0.05) is 11.9 Å². The molecule has 2 aromatic carbocycles. The number of fused-ring (bicyclic) bond motifs is 1. The van der Waals surface area contributed by atoms with Crippen molar-refractivity contribution in [3.8, 4) is 5.69 Å². The van der Waals surface area contributed by atoms with Crippen molar-refractivity contribution in [1.29, 1.82) is 0 Å². The van der Waals surface area contributed by atoms with Gasteiger partial charge in [0.2, 0.25) is 0 Å². The Hall–Kier alpha value is -3.39. The molecule has 0 spiro atoms. The standard InChI is InChI=1S/C19H11ClF2N4O2/c20-16-17(22)15(21)5-14-18(16)26(7-12(8-27)19(14)28)13-3-1-11(2-4-13)6-25-10-23-9-24-25/h1-5,7-10H,6H2. The van der Waals surface area contributed by atoms with Gasteiger partial charge in [-0.25, -0.2) is 18.4 Å². The summed E-state index contributed by atoms with van der Waals surface area (Å²) in [6, 6.07) is 7.77. The van der Waals surface area contributed by atoms with Gasteiger partial charge < -0.3 is 4.57 Å². The third-order valence-corrected chi connectivity index (χ3v) is 4.65. The largest absolute Gasteiger partial charge is 0.314 e. The Balaban J connectivity index is 1.90. The van der Waals surface area contributed by atoms with Crippen LogP contribution < -0.4 is 5.43 Å². The van der Waals surface area contributed by atoms with Crippen molar-refractivity contribution >= 4 is 28.8 Å². The number of halogens is 3. The van der Waals surface area contributed by atoms with Crippen molar-refractivity contribution < 1.29 is 13.6 Å². The average Bonchev–Trinajstić information content (AvgIpc) is 3.21. The van der Waals surface area contributed by atoms with Crippen LogP contribution in [-0.2, 0) is 6.54 Å². The van der Waals surface area contributed by atoms with Crippen LogP contribution in [0.15, 0.2) is 54.0 Å². The van der Waals surface area contributed by atoms with Crippen molar-refractivity contribution in [2.75, 3.05) is 0 Å². The third-order valence-electron chi connectivity index (χ3n) is 4.31. The Morgan fingerprint density at radius 1 is 1.18 bits per heavy atom. The first-order valence-electron chi connectivity index (χ1n) is 8.09. The number of carbonyl (C=O) groups is 1. The molecule has 28 heavy (non-hydrogen) atoms. The van der Waals surface area contributed by atoms with E-state index in [1.165, 1.54) is 17.1 Å². The van der Waals surface area contributed by atoms with E-state index in [2.05, 4.69) is 10.1 Å². The molecular weight excluding hydrogens is 390 g/mol. The lowest BCUT2D eigenvalue weighted by Gasteiger charge is -2.14. The minimum atomic E-state index is -1.26. The van der Waals surface area contributed by atoms with Crippen LogP contribution in [0.1, 0.15) is 15.9 Å². The smallest absolute Gasteiger partial charge is 0.200 e. The molecule has 0 atom stereocenters. The minimum Gasteiger partial charge on any atom is -0.314 e. The molecule has 0 saturated heterocycles. The van der Waals surface area contributed by atoms with Crippen LogP contribution in [0, 0.1) is 11.6 Å². The Morgan fingerprint density at radius 3 is 2.57 bits per heavy atom. The summed E-state index contributed by atoms with van der Waals surface area (Å²) in [4.78, 5) is 27.6. The van der Waals surface area contributed by atoms with E-state index in [-0.39, 0.29) is 16.5 Å². The second-order valence-electron chi connectivity index (χ2n) is 6.04. The highest BCUT2D eigenvalue weighted by atomic mass is 35.5. The lowest BCUT2D eigenvalue weighted by atomic mass is 10.1. The van der Waals surface area contributed by atoms with E-state index in [1.807, 2.05) is 0 Å². The summed E-state index contributed by atoms with van der Waals surface area (Å²) in [5.41, 5.74) is 0.508. The number of hydrogen-bond donors (Lipinski definition) is 0. The van der Waals surface area contributed by atoms with Crippen LogP contribution in [0.25, 0.3) is 16.6 Å². The first kappa shape index (κ1) is 18.0. The Labute approximate surface area is 161 Å². The zero-order valence-electron chi connectivity index (χ0n) is 14.1. The van der Waals surface area contributed by atoms with Crippen molar-refractivity contribution in [2.24, 2.45) is 0 Å². The van der Waals surface area contributed by atoms with Gasteiger partial charge in [-0.3, -0.25) is 9.59 Å². The summed E-state index contributed by atoms with van der Waals surface area (Å²) in [6.07, 6.45) is 4.63. The molecule has 0 N–H and O–H groups in total. The van der Waals surface area contributed by atoms with E-state index in [1.54, 1.807) is 35.3 Å². The minimum absolute atomic E-state index is 0.0137. The van der Waals surface area contributed by atoms with Crippen molar-refractivity contribution in [1.82, 2.24) is 19.3 Å². The van der Waals surface area contributed by atoms with Crippen molar-refractivity contribution in [3.05, 3.63) is 87.2 Å². The van der Waals surface area contributed by atoms with E-state index in [9.17, 15) is 18.4 Å². The van der Waals surface area contributed by atoms with Gasteiger partial charge in [-0.15, -0.1) is 0 Å². The first-order valence-corrected chi connectivity index (χ1v) is 8.47. The van der Waals surface area contributed by atoms with E-state index in [0.717, 1.165) is 11.6 Å². The Bertz CT molecular complexity index is 1250. The van der Waals surface area contributed by atoms with Gasteiger partial charge >= 0.3 is 0 Å². The second kappa shape index (κ2) is 6.97. The fourth-order valence-electron chi connectivity index (χ4n) is 2.96. The molecule has 0 radical (unpaired) electrons. The SMILES string of the molecule is O=Cc1cn(-c2ccc(Cn3cncn3)cc2)c2c(Cl)c(F)c(F)cc2c1=O. The van der Waals surface area contributed by atoms with Gasteiger partial charge in [0.1, 0.15) is 17.7 Å². The number of benzene rings is 2. The first-order chi connectivity index (χ1) is 13.5. The van der Waals surface area contributed by atoms with Gasteiger partial charge in [-0.1, -0.05) is 23.7 Å². The van der Waals surface area contributed by atoms with Gasteiger partial charge in [0.15, 0.2) is 23.3 Å². The molecule has 0 unspecified atom stereocenters. The highest BCUT2D eigenvalue weighted by Crippen LogP contribution is 2.29. The molecule has 0 saturated carbocycles. The number of aromatic nitrogens is 4. The maximum atomic E-state index is 14.0. The number of rotatable bonds is 4. The predicted octanol–water partition coefficient (Wildman–Crippen LogP) is 3.37. The van der Waals surface area contributed by atoms with Gasteiger partial charge in [-0.05, 0) is 23.8 Å². The lowest BCUT2D eigenvalue weighted by molar-refractivity contribution is 0.112. The molecule has 9 heteroatoms. The fourth-order valence-corrected chi connectivity index (χ4v) is 3.25. The summed E-state index contributed by atoms with van der Waals surface area (Å²) in [7, 11) is 0. The summed E-state index contributed by atoms with van der Waals surface area (Å²) < 4.78 is 30.9. The van der Waals surface area contributed by atoms with E-state index < -0.39 is 22.1 Å². The van der Waals surface area contributed by atoms with Crippen LogP contribution >= 0.6 is 11.6 Å². The Kier molecular flexibility index (Phi) is 4.48. The van der Waals surface area contributed by atoms with Crippen LogP contribution in [0.5, 0.6) is 0 Å². The third kappa shape index (κ3) is 2.97. The number of carbonyl (C=O) groups excluding carboxylic acids is 1. The van der Waals surface area contributed by atoms with Crippen LogP contribution in [-0.4, -0.2) is 25.6 Å². The maximum absolute atomic E-state index is 14.0. The quantitative estimate of drug-likeness (QED) is 0.389. The molecule has 2 heterocycles. The average molecular weight is 401 g/mol. The molecule has 4 aromatic rings. The number of hydrogen-bond acceptors (Lipinski definition) is 4. The maximum Gasteiger partial charge on any atom is 0.200 e. The van der Waals surface area contributed by atoms with Crippen LogP contribution in [0.3, 0.4) is 0 Å². The highest BCUT2D eigenvalue weighted by molar-refractivity contribution is 6.35. The molecule has 0 aliphatic rings. The second-order valence-corrected chi connectivity index (χ2v) is 6.42. The van der Waals surface area contributed by atoms with Gasteiger partial charge in [-0.2, -0.15) is 5.10 Å². The van der Waals surface area contributed by atoms with Crippen LogP contribution in [0.2, 0.25) is 5.02 Å². The van der Waals surface area contributed by atoms with Gasteiger partial charge in [0.25, 0.3) is 0 Å². The molecule has 0 amide bonds. The molecular formula is C19H11ClF2N4O2. The molecule has 2 aromatic heterocycles. The number of aldehydes is 1. The molecule has 0 aliphatic heterocycles. The highest BCUT2D eigenvalue weighted by Gasteiger charge is 2.19. The van der Waals surface area contributed by atoms with Crippen molar-refractivity contribution in [2.45, 2.75) is 6.54 Å². The molecule has 0 aliphatic carbocycles. The zero-order chi connectivity index (χ0) is 19.8. The van der Waals surface area contributed by atoms with E-state index in [0.29, 0.717) is 18.5 Å². The molecule has 0 bridgehead atoms.